The number of carboxylic acid groups (broad SMARTS) is 1. The molecule has 0 aliphatic heterocycles. The first-order valence-corrected chi connectivity index (χ1v) is 8.39. The Kier molecular flexibility index (Phi) is 3.83. The quantitative estimate of drug-likeness (QED) is 0.702. The average molecular weight is 342 g/mol. The van der Waals surface area contributed by atoms with Gasteiger partial charge in [-0.15, -0.1) is 0 Å². The van der Waals surface area contributed by atoms with E-state index < -0.39 is 5.97 Å². The molecule has 1 fully saturated rings. The third-order valence-electron chi connectivity index (χ3n) is 4.66. The first kappa shape index (κ1) is 15.6. The monoisotopic (exact) mass is 342 g/mol. The minimum absolute atomic E-state index is 0.0249. The van der Waals surface area contributed by atoms with Gasteiger partial charge >= 0.3 is 5.97 Å². The van der Waals surface area contributed by atoms with E-state index in [4.69, 9.17) is 5.11 Å². The fourth-order valence-corrected chi connectivity index (χ4v) is 3.39. The van der Waals surface area contributed by atoms with Crippen molar-refractivity contribution in [2.45, 2.75) is 44.6 Å². The maximum atomic E-state index is 12.6. The van der Waals surface area contributed by atoms with Crippen molar-refractivity contribution in [3.05, 3.63) is 34.5 Å². The van der Waals surface area contributed by atoms with E-state index in [0.29, 0.717) is 11.0 Å². The molecule has 1 saturated carbocycles. The number of aromatic nitrogens is 6. The van der Waals surface area contributed by atoms with Crippen molar-refractivity contribution in [3.63, 3.8) is 0 Å². The lowest BCUT2D eigenvalue weighted by molar-refractivity contribution is 0.0697. The lowest BCUT2D eigenvalue weighted by Crippen LogP contribution is -2.19. The molecule has 0 saturated heterocycles. The van der Waals surface area contributed by atoms with Crippen LogP contribution in [0.2, 0.25) is 0 Å². The molecule has 0 bridgehead atoms. The van der Waals surface area contributed by atoms with Gasteiger partial charge in [-0.3, -0.25) is 14.5 Å². The fraction of sp³-hybridized carbons (Fsp3) is 0.438. The van der Waals surface area contributed by atoms with Crippen molar-refractivity contribution in [1.82, 2.24) is 29.5 Å². The zero-order valence-electron chi connectivity index (χ0n) is 13.6. The summed E-state index contributed by atoms with van der Waals surface area (Å²) in [6, 6.07) is 0.220. The lowest BCUT2D eigenvalue weighted by Gasteiger charge is -2.15. The van der Waals surface area contributed by atoms with Gasteiger partial charge < -0.3 is 5.11 Å². The number of nitrogens with one attached hydrogen (secondary N) is 1. The zero-order chi connectivity index (χ0) is 17.4. The van der Waals surface area contributed by atoms with E-state index >= 15 is 0 Å². The van der Waals surface area contributed by atoms with Gasteiger partial charge in [-0.2, -0.15) is 10.2 Å². The molecular formula is C16H18N6O3. The fourth-order valence-electron chi connectivity index (χ4n) is 3.39. The van der Waals surface area contributed by atoms with E-state index in [-0.39, 0.29) is 23.1 Å². The van der Waals surface area contributed by atoms with Crippen LogP contribution in [0.4, 0.5) is 0 Å². The molecule has 0 atom stereocenters. The number of hydrogen-bond donors (Lipinski definition) is 2. The van der Waals surface area contributed by atoms with Crippen LogP contribution in [0.15, 0.2) is 23.4 Å². The molecule has 9 heteroatoms. The van der Waals surface area contributed by atoms with Crippen LogP contribution in [0.5, 0.6) is 0 Å². The van der Waals surface area contributed by atoms with Gasteiger partial charge in [0.05, 0.1) is 24.0 Å². The summed E-state index contributed by atoms with van der Waals surface area (Å²) in [6.45, 7) is 0. The van der Waals surface area contributed by atoms with Crippen LogP contribution in [0.3, 0.4) is 0 Å². The highest BCUT2D eigenvalue weighted by Gasteiger charge is 2.20. The number of H-pyrrole nitrogens is 1. The minimum Gasteiger partial charge on any atom is -0.478 e. The molecule has 2 N–H and O–H groups in total. The SMILES string of the molecule is O=C(O)c1cnn(-c2nc3cnn(C4CCCCCC4)c3c(=O)[nH]2)c1. The molecule has 3 aromatic heterocycles. The molecule has 0 radical (unpaired) electrons. The van der Waals surface area contributed by atoms with Gasteiger partial charge in [-0.1, -0.05) is 25.7 Å². The second-order valence-corrected chi connectivity index (χ2v) is 6.34. The summed E-state index contributed by atoms with van der Waals surface area (Å²) >= 11 is 0. The first-order valence-electron chi connectivity index (χ1n) is 8.39. The summed E-state index contributed by atoms with van der Waals surface area (Å²) in [5.41, 5.74) is 0.669. The summed E-state index contributed by atoms with van der Waals surface area (Å²) in [5, 5.41) is 17.3. The molecule has 3 aromatic rings. The number of aromatic carboxylic acids is 1. The first-order chi connectivity index (χ1) is 12.1. The lowest BCUT2D eigenvalue weighted by atomic mass is 10.1. The molecule has 1 aliphatic rings. The summed E-state index contributed by atoms with van der Waals surface area (Å²) in [6.07, 6.45) is 10.9. The van der Waals surface area contributed by atoms with Gasteiger partial charge in [-0.25, -0.2) is 14.5 Å². The Labute approximate surface area is 142 Å². The average Bonchev–Trinajstić information content (AvgIpc) is 3.16. The molecule has 9 nitrogen and oxygen atoms in total. The molecule has 4 rings (SSSR count). The Balaban J connectivity index is 1.76. The maximum absolute atomic E-state index is 12.6. The number of carboxylic acids is 1. The highest BCUT2D eigenvalue weighted by Crippen LogP contribution is 2.28. The van der Waals surface area contributed by atoms with Gasteiger partial charge in [0.1, 0.15) is 5.52 Å². The number of fused-ring (bicyclic) bond motifs is 1. The van der Waals surface area contributed by atoms with Gasteiger partial charge in [0.15, 0.2) is 5.52 Å². The number of aromatic amines is 1. The highest BCUT2D eigenvalue weighted by atomic mass is 16.4. The van der Waals surface area contributed by atoms with Gasteiger partial charge in [0.25, 0.3) is 5.56 Å². The Bertz CT molecular complexity index is 977. The van der Waals surface area contributed by atoms with Crippen LogP contribution >= 0.6 is 0 Å². The van der Waals surface area contributed by atoms with E-state index in [1.54, 1.807) is 10.9 Å². The Morgan fingerprint density at radius 2 is 1.92 bits per heavy atom. The van der Waals surface area contributed by atoms with E-state index in [1.165, 1.54) is 29.9 Å². The van der Waals surface area contributed by atoms with E-state index in [1.807, 2.05) is 0 Å². The van der Waals surface area contributed by atoms with E-state index in [0.717, 1.165) is 25.7 Å². The van der Waals surface area contributed by atoms with Crippen LogP contribution < -0.4 is 5.56 Å². The molecule has 25 heavy (non-hydrogen) atoms. The Morgan fingerprint density at radius 3 is 2.60 bits per heavy atom. The maximum Gasteiger partial charge on any atom is 0.338 e. The van der Waals surface area contributed by atoms with Crippen LogP contribution in [0, 0.1) is 0 Å². The van der Waals surface area contributed by atoms with Crippen molar-refractivity contribution in [2.24, 2.45) is 0 Å². The summed E-state index contributed by atoms with van der Waals surface area (Å²) in [5.74, 6) is -0.915. The number of carbonyl (C=O) groups is 1. The van der Waals surface area contributed by atoms with Crippen molar-refractivity contribution in [3.8, 4) is 5.95 Å². The van der Waals surface area contributed by atoms with Crippen molar-refractivity contribution in [1.29, 1.82) is 0 Å². The molecule has 0 aromatic carbocycles. The molecule has 0 spiro atoms. The van der Waals surface area contributed by atoms with Crippen LogP contribution in [-0.2, 0) is 0 Å². The van der Waals surface area contributed by atoms with Gasteiger partial charge in [0.2, 0.25) is 5.95 Å². The van der Waals surface area contributed by atoms with Crippen molar-refractivity contribution in [2.75, 3.05) is 0 Å². The predicted molar refractivity (Wildman–Crippen MR) is 89.0 cm³/mol. The third kappa shape index (κ3) is 2.81. The van der Waals surface area contributed by atoms with Crippen molar-refractivity contribution < 1.29 is 9.90 Å². The molecule has 0 unspecified atom stereocenters. The highest BCUT2D eigenvalue weighted by molar-refractivity contribution is 5.87. The van der Waals surface area contributed by atoms with E-state index in [9.17, 15) is 9.59 Å². The number of hydrogen-bond acceptors (Lipinski definition) is 5. The molecule has 3 heterocycles. The summed E-state index contributed by atoms with van der Waals surface area (Å²) in [7, 11) is 0. The zero-order valence-corrected chi connectivity index (χ0v) is 13.6. The van der Waals surface area contributed by atoms with Gasteiger partial charge in [0, 0.05) is 6.20 Å². The summed E-state index contributed by atoms with van der Waals surface area (Å²) in [4.78, 5) is 30.6. The topological polar surface area (TPSA) is 119 Å². The minimum atomic E-state index is -1.09. The number of nitrogens with zero attached hydrogens (tertiary/aromatic N) is 5. The predicted octanol–water partition coefficient (Wildman–Crippen LogP) is 1.90. The van der Waals surface area contributed by atoms with Gasteiger partial charge in [-0.05, 0) is 12.8 Å². The second-order valence-electron chi connectivity index (χ2n) is 6.34. The van der Waals surface area contributed by atoms with Crippen molar-refractivity contribution >= 4 is 17.0 Å². The smallest absolute Gasteiger partial charge is 0.338 e. The molecule has 130 valence electrons. The Morgan fingerprint density at radius 1 is 1.16 bits per heavy atom. The summed E-state index contributed by atoms with van der Waals surface area (Å²) < 4.78 is 3.04. The van der Waals surface area contributed by atoms with Crippen LogP contribution in [0.1, 0.15) is 54.9 Å². The molecule has 0 amide bonds. The Hall–Kier alpha value is -2.97. The second kappa shape index (κ2) is 6.15. The largest absolute Gasteiger partial charge is 0.478 e. The number of rotatable bonds is 3. The van der Waals surface area contributed by atoms with Crippen LogP contribution in [-0.4, -0.2) is 40.6 Å². The van der Waals surface area contributed by atoms with E-state index in [2.05, 4.69) is 20.2 Å². The van der Waals surface area contributed by atoms with Crippen LogP contribution in [0.25, 0.3) is 17.0 Å². The molecular weight excluding hydrogens is 324 g/mol. The third-order valence-corrected chi connectivity index (χ3v) is 4.66. The molecule has 1 aliphatic carbocycles. The standard InChI is InChI=1S/C16H18N6O3/c23-14-13-12(8-18-22(13)11-5-3-1-2-4-6-11)19-16(20-14)21-9-10(7-17-21)15(24)25/h7-9,11H,1-6H2,(H,24,25)(H,19,20,23). The normalized spacial score (nSPS) is 16.2.